The molecule has 0 amide bonds. The molecule has 0 spiro atoms. The standard InChI is InChI=1S/C19H30O4/c1-12(20)23-19(3)9-7-16-15-5-4-13(11-17(21)22)10-14(15)6-8-18(16,19)2/h13-16H,4-11H2,1-3H3,(H,21,22)/t13-,14-,15-,16+,18+,19+/m1/s1. The van der Waals surface area contributed by atoms with Gasteiger partial charge < -0.3 is 9.84 Å². The van der Waals surface area contributed by atoms with Crippen molar-refractivity contribution in [3.63, 3.8) is 0 Å². The van der Waals surface area contributed by atoms with Gasteiger partial charge in [-0.05, 0) is 75.5 Å². The highest BCUT2D eigenvalue weighted by atomic mass is 16.6. The van der Waals surface area contributed by atoms with E-state index in [4.69, 9.17) is 9.84 Å². The van der Waals surface area contributed by atoms with Crippen molar-refractivity contribution in [2.45, 2.75) is 77.7 Å². The number of carboxylic acids is 1. The minimum Gasteiger partial charge on any atom is -0.481 e. The highest BCUT2D eigenvalue weighted by molar-refractivity contribution is 5.67. The Hall–Kier alpha value is -1.06. The lowest BCUT2D eigenvalue weighted by atomic mass is 9.53. The van der Waals surface area contributed by atoms with E-state index >= 15 is 0 Å². The summed E-state index contributed by atoms with van der Waals surface area (Å²) in [5.74, 6) is 1.52. The molecule has 0 bridgehead atoms. The summed E-state index contributed by atoms with van der Waals surface area (Å²) in [5.41, 5.74) is -0.244. The highest BCUT2D eigenvalue weighted by Crippen LogP contribution is 2.64. The predicted molar refractivity (Wildman–Crippen MR) is 86.8 cm³/mol. The minimum absolute atomic E-state index is 0.0828. The molecule has 4 nitrogen and oxygen atoms in total. The molecular weight excluding hydrogens is 292 g/mol. The van der Waals surface area contributed by atoms with Gasteiger partial charge in [-0.25, -0.2) is 0 Å². The highest BCUT2D eigenvalue weighted by Gasteiger charge is 2.61. The van der Waals surface area contributed by atoms with Crippen molar-refractivity contribution in [3.05, 3.63) is 0 Å². The van der Waals surface area contributed by atoms with Crippen LogP contribution in [0.4, 0.5) is 0 Å². The van der Waals surface area contributed by atoms with Gasteiger partial charge in [-0.1, -0.05) is 6.92 Å². The summed E-state index contributed by atoms with van der Waals surface area (Å²) in [6.45, 7) is 5.97. The summed E-state index contributed by atoms with van der Waals surface area (Å²) in [7, 11) is 0. The van der Waals surface area contributed by atoms with Gasteiger partial charge in [-0.15, -0.1) is 0 Å². The van der Waals surface area contributed by atoms with Gasteiger partial charge in [0, 0.05) is 18.8 Å². The molecule has 4 heteroatoms. The smallest absolute Gasteiger partial charge is 0.303 e. The van der Waals surface area contributed by atoms with Crippen LogP contribution in [0.25, 0.3) is 0 Å². The largest absolute Gasteiger partial charge is 0.481 e. The van der Waals surface area contributed by atoms with Gasteiger partial charge in [0.1, 0.15) is 5.60 Å². The SMILES string of the molecule is CC(=O)O[C@@]1(C)CC[C@H]2[C@@H]3CC[C@@H](CC(=O)O)C[C@H]3CC[C@@]21C. The molecule has 3 saturated carbocycles. The Morgan fingerprint density at radius 1 is 1.13 bits per heavy atom. The fourth-order valence-corrected chi connectivity index (χ4v) is 6.21. The Kier molecular flexibility index (Phi) is 4.22. The van der Waals surface area contributed by atoms with Crippen LogP contribution in [0.1, 0.15) is 72.1 Å². The zero-order valence-electron chi connectivity index (χ0n) is 14.6. The van der Waals surface area contributed by atoms with Gasteiger partial charge >= 0.3 is 11.9 Å². The Labute approximate surface area is 139 Å². The second-order valence-electron chi connectivity index (χ2n) is 8.63. The van der Waals surface area contributed by atoms with Crippen molar-refractivity contribution in [2.24, 2.45) is 29.1 Å². The van der Waals surface area contributed by atoms with Gasteiger partial charge in [-0.2, -0.15) is 0 Å². The lowest BCUT2D eigenvalue weighted by Gasteiger charge is -2.54. The van der Waals surface area contributed by atoms with Crippen LogP contribution in [0.15, 0.2) is 0 Å². The van der Waals surface area contributed by atoms with Crippen molar-refractivity contribution >= 4 is 11.9 Å². The number of hydrogen-bond donors (Lipinski definition) is 1. The number of carbonyl (C=O) groups excluding carboxylic acids is 1. The van der Waals surface area contributed by atoms with Crippen molar-refractivity contribution in [1.82, 2.24) is 0 Å². The third kappa shape index (κ3) is 2.78. The quantitative estimate of drug-likeness (QED) is 0.797. The molecule has 0 heterocycles. The lowest BCUT2D eigenvalue weighted by molar-refractivity contribution is -0.175. The fraction of sp³-hybridized carbons (Fsp3) is 0.895. The average Bonchev–Trinajstić information content (AvgIpc) is 2.70. The maximum atomic E-state index is 11.6. The molecule has 3 fully saturated rings. The molecule has 0 aliphatic heterocycles. The maximum absolute atomic E-state index is 11.6. The third-order valence-corrected chi connectivity index (χ3v) is 7.49. The molecule has 0 aromatic heterocycles. The molecule has 3 aliphatic rings. The van der Waals surface area contributed by atoms with Gasteiger partial charge in [0.2, 0.25) is 0 Å². The number of carboxylic acid groups (broad SMARTS) is 1. The molecule has 0 aromatic carbocycles. The number of aliphatic carboxylic acids is 1. The van der Waals surface area contributed by atoms with E-state index in [0.29, 0.717) is 30.1 Å². The zero-order valence-corrected chi connectivity index (χ0v) is 14.6. The summed E-state index contributed by atoms with van der Waals surface area (Å²) in [6, 6.07) is 0. The van der Waals surface area contributed by atoms with E-state index in [2.05, 4.69) is 13.8 Å². The van der Waals surface area contributed by atoms with Crippen molar-refractivity contribution in [2.75, 3.05) is 0 Å². The molecule has 6 atom stereocenters. The molecule has 3 aliphatic carbocycles. The molecule has 1 N–H and O–H groups in total. The fourth-order valence-electron chi connectivity index (χ4n) is 6.21. The summed E-state index contributed by atoms with van der Waals surface area (Å²) in [6.07, 6.45) is 7.97. The lowest BCUT2D eigenvalue weighted by Crippen LogP contribution is -2.51. The topological polar surface area (TPSA) is 63.6 Å². The van der Waals surface area contributed by atoms with Crippen LogP contribution in [0, 0.1) is 29.1 Å². The van der Waals surface area contributed by atoms with Crippen LogP contribution >= 0.6 is 0 Å². The Balaban J connectivity index is 1.74. The van der Waals surface area contributed by atoms with E-state index in [0.717, 1.165) is 44.9 Å². The molecule has 0 radical (unpaired) electrons. The first-order chi connectivity index (χ1) is 10.7. The normalized spacial score (nSPS) is 45.9. The molecule has 130 valence electrons. The van der Waals surface area contributed by atoms with Gasteiger partial charge in [0.15, 0.2) is 0 Å². The zero-order chi connectivity index (χ0) is 16.8. The Morgan fingerprint density at radius 2 is 1.87 bits per heavy atom. The first-order valence-corrected chi connectivity index (χ1v) is 9.16. The number of carbonyl (C=O) groups is 2. The third-order valence-electron chi connectivity index (χ3n) is 7.49. The number of esters is 1. The van der Waals surface area contributed by atoms with Crippen molar-refractivity contribution in [3.8, 4) is 0 Å². The Morgan fingerprint density at radius 3 is 2.52 bits per heavy atom. The number of fused-ring (bicyclic) bond motifs is 3. The summed E-state index contributed by atoms with van der Waals surface area (Å²) < 4.78 is 5.81. The van der Waals surface area contributed by atoms with Gasteiger partial charge in [0.05, 0.1) is 0 Å². The predicted octanol–water partition coefficient (Wildman–Crippen LogP) is 4.03. The Bertz CT molecular complexity index is 502. The van der Waals surface area contributed by atoms with E-state index in [1.807, 2.05) is 0 Å². The van der Waals surface area contributed by atoms with Crippen LogP contribution in [0.2, 0.25) is 0 Å². The van der Waals surface area contributed by atoms with E-state index in [1.165, 1.54) is 6.92 Å². The van der Waals surface area contributed by atoms with Crippen molar-refractivity contribution < 1.29 is 19.4 Å². The van der Waals surface area contributed by atoms with E-state index < -0.39 is 5.97 Å². The monoisotopic (exact) mass is 322 g/mol. The molecular formula is C19H30O4. The molecule has 0 saturated heterocycles. The minimum atomic E-state index is -0.655. The number of rotatable bonds is 3. The van der Waals surface area contributed by atoms with Gasteiger partial charge in [0.25, 0.3) is 0 Å². The molecule has 0 aromatic rings. The average molecular weight is 322 g/mol. The van der Waals surface area contributed by atoms with Crippen LogP contribution in [0.5, 0.6) is 0 Å². The second-order valence-corrected chi connectivity index (χ2v) is 8.63. The summed E-state index contributed by atoms with van der Waals surface area (Å²) in [4.78, 5) is 22.6. The van der Waals surface area contributed by atoms with E-state index in [-0.39, 0.29) is 17.0 Å². The molecule has 23 heavy (non-hydrogen) atoms. The maximum Gasteiger partial charge on any atom is 0.303 e. The first kappa shape index (κ1) is 16.8. The van der Waals surface area contributed by atoms with E-state index in [9.17, 15) is 9.59 Å². The van der Waals surface area contributed by atoms with Gasteiger partial charge in [-0.3, -0.25) is 9.59 Å². The van der Waals surface area contributed by atoms with Crippen LogP contribution in [0.3, 0.4) is 0 Å². The first-order valence-electron chi connectivity index (χ1n) is 9.16. The van der Waals surface area contributed by atoms with Crippen LogP contribution in [-0.4, -0.2) is 22.6 Å². The van der Waals surface area contributed by atoms with Crippen LogP contribution in [-0.2, 0) is 14.3 Å². The summed E-state index contributed by atoms with van der Waals surface area (Å²) >= 11 is 0. The summed E-state index contributed by atoms with van der Waals surface area (Å²) in [5, 5.41) is 9.06. The van der Waals surface area contributed by atoms with Crippen LogP contribution < -0.4 is 0 Å². The second kappa shape index (κ2) is 5.78. The number of ether oxygens (including phenoxy) is 1. The molecule has 3 rings (SSSR count). The number of hydrogen-bond acceptors (Lipinski definition) is 3. The molecule has 0 unspecified atom stereocenters. The van der Waals surface area contributed by atoms with Crippen molar-refractivity contribution in [1.29, 1.82) is 0 Å². The van der Waals surface area contributed by atoms with E-state index in [1.54, 1.807) is 0 Å².